The van der Waals surface area contributed by atoms with Crippen LogP contribution in [-0.4, -0.2) is 49.5 Å². The molecule has 0 spiro atoms. The van der Waals surface area contributed by atoms with E-state index in [4.69, 9.17) is 0 Å². The molecule has 0 radical (unpaired) electrons. The lowest BCUT2D eigenvalue weighted by atomic mass is 10.3. The van der Waals surface area contributed by atoms with Gasteiger partial charge < -0.3 is 9.80 Å². The van der Waals surface area contributed by atoms with E-state index in [1.807, 2.05) is 23.1 Å². The zero-order valence-electron chi connectivity index (χ0n) is 15.7. The summed E-state index contributed by atoms with van der Waals surface area (Å²) < 4.78 is 53.3. The van der Waals surface area contributed by atoms with Crippen molar-refractivity contribution in [2.24, 2.45) is 0 Å². The number of anilines is 3. The third kappa shape index (κ3) is 4.30. The molecule has 1 aliphatic heterocycles. The second-order valence-corrected chi connectivity index (χ2v) is 8.30. The van der Waals surface area contributed by atoms with E-state index in [9.17, 15) is 17.2 Å². The molecule has 0 atom stereocenters. The molecule has 3 heterocycles. The number of piperazine rings is 1. The third-order valence-corrected chi connectivity index (χ3v) is 6.01. The summed E-state index contributed by atoms with van der Waals surface area (Å²) in [5.74, 6) is -0.967. The Balaban J connectivity index is 1.40. The molecule has 1 aromatic carbocycles. The Bertz CT molecular complexity index is 1120. The summed E-state index contributed by atoms with van der Waals surface area (Å²) in [7, 11) is -4.09. The molecule has 1 N–H and O–H groups in total. The van der Waals surface area contributed by atoms with Crippen molar-refractivity contribution in [2.75, 3.05) is 40.7 Å². The van der Waals surface area contributed by atoms with E-state index in [1.165, 1.54) is 12.4 Å². The van der Waals surface area contributed by atoms with Crippen molar-refractivity contribution < 1.29 is 17.2 Å². The normalized spacial score (nSPS) is 14.6. The smallest absolute Gasteiger partial charge is 0.262 e. The predicted octanol–water partition coefficient (Wildman–Crippen LogP) is 2.28. The molecule has 2 aromatic heterocycles. The molecule has 1 aliphatic rings. The van der Waals surface area contributed by atoms with Crippen LogP contribution in [0.2, 0.25) is 0 Å². The lowest BCUT2D eigenvalue weighted by Gasteiger charge is -2.35. The first-order chi connectivity index (χ1) is 14.4. The first-order valence-corrected chi connectivity index (χ1v) is 10.6. The molecule has 0 aliphatic carbocycles. The number of sulfonamides is 1. The first-order valence-electron chi connectivity index (χ1n) is 9.13. The van der Waals surface area contributed by atoms with Gasteiger partial charge in [0.15, 0.2) is 11.6 Å². The minimum absolute atomic E-state index is 0.121. The summed E-state index contributed by atoms with van der Waals surface area (Å²) >= 11 is 0. The monoisotopic (exact) mass is 432 g/mol. The van der Waals surface area contributed by atoms with Gasteiger partial charge in [0.1, 0.15) is 5.82 Å². The Morgan fingerprint density at radius 3 is 2.20 bits per heavy atom. The highest BCUT2D eigenvalue weighted by Gasteiger charge is 2.21. The molecule has 4 rings (SSSR count). The van der Waals surface area contributed by atoms with E-state index in [0.29, 0.717) is 25.1 Å². The summed E-state index contributed by atoms with van der Waals surface area (Å²) in [6.07, 6.45) is 4.43. The SMILES string of the molecule is O=S(=O)(Nc1cnc(N2CCN(c3ccccn3)CC2)nc1)c1ccc(F)c(F)c1. The molecular weight excluding hydrogens is 414 g/mol. The highest BCUT2D eigenvalue weighted by Crippen LogP contribution is 2.20. The molecule has 30 heavy (non-hydrogen) atoms. The van der Waals surface area contributed by atoms with Gasteiger partial charge in [-0.2, -0.15) is 0 Å². The van der Waals surface area contributed by atoms with Crippen LogP contribution < -0.4 is 14.5 Å². The van der Waals surface area contributed by atoms with E-state index in [0.717, 1.165) is 31.0 Å². The highest BCUT2D eigenvalue weighted by molar-refractivity contribution is 7.92. The van der Waals surface area contributed by atoms with E-state index in [-0.39, 0.29) is 5.69 Å². The molecule has 0 bridgehead atoms. The summed E-state index contributed by atoms with van der Waals surface area (Å²) in [6.45, 7) is 2.89. The maximum atomic E-state index is 13.3. The number of nitrogens with zero attached hydrogens (tertiary/aromatic N) is 5. The van der Waals surface area contributed by atoms with Crippen molar-refractivity contribution in [1.29, 1.82) is 0 Å². The van der Waals surface area contributed by atoms with Crippen molar-refractivity contribution in [3.8, 4) is 0 Å². The van der Waals surface area contributed by atoms with Gasteiger partial charge in [-0.25, -0.2) is 32.2 Å². The van der Waals surface area contributed by atoms with Crippen molar-refractivity contribution in [3.05, 3.63) is 66.6 Å². The number of rotatable bonds is 5. The van der Waals surface area contributed by atoms with Crippen molar-refractivity contribution >= 4 is 27.5 Å². The van der Waals surface area contributed by atoms with Crippen LogP contribution >= 0.6 is 0 Å². The molecule has 0 saturated carbocycles. The van der Waals surface area contributed by atoms with Crippen LogP contribution in [0.1, 0.15) is 0 Å². The molecule has 11 heteroatoms. The second-order valence-electron chi connectivity index (χ2n) is 6.62. The number of benzene rings is 1. The van der Waals surface area contributed by atoms with Crippen molar-refractivity contribution in [1.82, 2.24) is 15.0 Å². The van der Waals surface area contributed by atoms with Crippen LogP contribution in [0.5, 0.6) is 0 Å². The Morgan fingerprint density at radius 2 is 1.57 bits per heavy atom. The Morgan fingerprint density at radius 1 is 0.867 bits per heavy atom. The number of halogens is 2. The van der Waals surface area contributed by atoms with Gasteiger partial charge in [-0.15, -0.1) is 0 Å². The first kappa shape index (κ1) is 20.0. The minimum Gasteiger partial charge on any atom is -0.353 e. The van der Waals surface area contributed by atoms with Crippen LogP contribution in [0, 0.1) is 11.6 Å². The zero-order chi connectivity index (χ0) is 21.1. The fourth-order valence-electron chi connectivity index (χ4n) is 3.07. The maximum Gasteiger partial charge on any atom is 0.262 e. The molecule has 1 fully saturated rings. The topological polar surface area (TPSA) is 91.3 Å². The maximum absolute atomic E-state index is 13.3. The van der Waals surface area contributed by atoms with Gasteiger partial charge in [0.2, 0.25) is 5.95 Å². The van der Waals surface area contributed by atoms with Crippen LogP contribution in [0.4, 0.5) is 26.2 Å². The molecule has 0 unspecified atom stereocenters. The molecule has 8 nitrogen and oxygen atoms in total. The standard InChI is InChI=1S/C19H18F2N6O2S/c20-16-5-4-15(11-17(16)21)30(28,29)25-14-12-23-19(24-13-14)27-9-7-26(8-10-27)18-3-1-2-6-22-18/h1-6,11-13,25H,7-10H2. The number of nitrogens with one attached hydrogen (secondary N) is 1. The van der Waals surface area contributed by atoms with Crippen LogP contribution in [-0.2, 0) is 10.0 Å². The minimum atomic E-state index is -4.09. The van der Waals surface area contributed by atoms with Crippen molar-refractivity contribution in [2.45, 2.75) is 4.90 Å². The van der Waals surface area contributed by atoms with Gasteiger partial charge in [-0.3, -0.25) is 4.72 Å². The largest absolute Gasteiger partial charge is 0.353 e. The van der Waals surface area contributed by atoms with Gasteiger partial charge in [0, 0.05) is 32.4 Å². The summed E-state index contributed by atoms with van der Waals surface area (Å²) in [5.41, 5.74) is 0.121. The van der Waals surface area contributed by atoms with E-state index in [2.05, 4.69) is 24.6 Å². The van der Waals surface area contributed by atoms with E-state index < -0.39 is 26.6 Å². The lowest BCUT2D eigenvalue weighted by molar-refractivity contribution is 0.504. The number of aromatic nitrogens is 3. The van der Waals surface area contributed by atoms with E-state index >= 15 is 0 Å². The van der Waals surface area contributed by atoms with Gasteiger partial charge >= 0.3 is 0 Å². The summed E-state index contributed by atoms with van der Waals surface area (Å²) in [5, 5.41) is 0. The fourth-order valence-corrected chi connectivity index (χ4v) is 4.11. The van der Waals surface area contributed by atoms with Crippen molar-refractivity contribution in [3.63, 3.8) is 0 Å². The van der Waals surface area contributed by atoms with Gasteiger partial charge in [-0.05, 0) is 30.3 Å². The third-order valence-electron chi connectivity index (χ3n) is 4.63. The average Bonchev–Trinajstić information content (AvgIpc) is 2.77. The van der Waals surface area contributed by atoms with Crippen LogP contribution in [0.3, 0.4) is 0 Å². The zero-order valence-corrected chi connectivity index (χ0v) is 16.6. The Kier molecular flexibility index (Phi) is 5.44. The predicted molar refractivity (Wildman–Crippen MR) is 108 cm³/mol. The summed E-state index contributed by atoms with van der Waals surface area (Å²) in [6, 6.07) is 8.13. The molecular formula is C19H18F2N6O2S. The highest BCUT2D eigenvalue weighted by atomic mass is 32.2. The molecule has 3 aromatic rings. The number of hydrogen-bond acceptors (Lipinski definition) is 7. The van der Waals surface area contributed by atoms with Gasteiger partial charge in [-0.1, -0.05) is 6.07 Å². The summed E-state index contributed by atoms with van der Waals surface area (Å²) in [4.78, 5) is 16.6. The fraction of sp³-hybridized carbons (Fsp3) is 0.211. The van der Waals surface area contributed by atoms with Crippen LogP contribution in [0.15, 0.2) is 59.9 Å². The molecule has 1 saturated heterocycles. The van der Waals surface area contributed by atoms with Gasteiger partial charge in [0.05, 0.1) is 23.0 Å². The van der Waals surface area contributed by atoms with E-state index in [1.54, 1.807) is 6.20 Å². The van der Waals surface area contributed by atoms with Gasteiger partial charge in [0.25, 0.3) is 10.0 Å². The second kappa shape index (κ2) is 8.19. The Hall–Kier alpha value is -3.34. The quantitative estimate of drug-likeness (QED) is 0.661. The molecule has 156 valence electrons. The van der Waals surface area contributed by atoms with Crippen LogP contribution in [0.25, 0.3) is 0 Å². The Labute approximate surface area is 172 Å². The molecule has 0 amide bonds. The average molecular weight is 432 g/mol. The number of pyridine rings is 1. The number of hydrogen-bond donors (Lipinski definition) is 1. The lowest BCUT2D eigenvalue weighted by Crippen LogP contribution is -2.47.